The maximum absolute atomic E-state index is 9.59. The Hall–Kier alpha value is -2.01. The SMILES string of the molecule is N#CCc1c(O)ccc2ccccc12. The maximum Gasteiger partial charge on any atom is 0.120 e. The Bertz CT molecular complexity index is 511. The van der Waals surface area contributed by atoms with E-state index >= 15 is 0 Å². The van der Waals surface area contributed by atoms with Crippen LogP contribution >= 0.6 is 0 Å². The minimum atomic E-state index is 0.199. The van der Waals surface area contributed by atoms with Crippen molar-refractivity contribution in [3.8, 4) is 11.8 Å². The van der Waals surface area contributed by atoms with Gasteiger partial charge in [-0.3, -0.25) is 0 Å². The topological polar surface area (TPSA) is 44.0 Å². The predicted molar refractivity (Wildman–Crippen MR) is 54.9 cm³/mol. The molecule has 2 aromatic carbocycles. The number of nitriles is 1. The van der Waals surface area contributed by atoms with E-state index in [1.165, 1.54) is 0 Å². The summed E-state index contributed by atoms with van der Waals surface area (Å²) < 4.78 is 0. The smallest absolute Gasteiger partial charge is 0.120 e. The first-order chi connectivity index (χ1) is 6.83. The van der Waals surface area contributed by atoms with Crippen LogP contribution in [0.3, 0.4) is 0 Å². The van der Waals surface area contributed by atoms with Crippen molar-refractivity contribution in [2.45, 2.75) is 6.42 Å². The second-order valence-corrected chi connectivity index (χ2v) is 3.12. The summed E-state index contributed by atoms with van der Waals surface area (Å²) in [5.41, 5.74) is 0.714. The average molecular weight is 183 g/mol. The van der Waals surface area contributed by atoms with Gasteiger partial charge >= 0.3 is 0 Å². The Labute approximate surface area is 82.0 Å². The van der Waals surface area contributed by atoms with Crippen molar-refractivity contribution in [3.63, 3.8) is 0 Å². The first kappa shape index (κ1) is 8.58. The Balaban J connectivity index is 2.77. The predicted octanol–water partition coefficient (Wildman–Crippen LogP) is 2.61. The molecule has 0 unspecified atom stereocenters. The summed E-state index contributed by atoms with van der Waals surface area (Å²) in [6, 6.07) is 13.3. The fourth-order valence-electron chi connectivity index (χ4n) is 1.59. The molecule has 2 nitrogen and oxygen atoms in total. The van der Waals surface area contributed by atoms with E-state index in [0.717, 1.165) is 10.8 Å². The molecule has 2 rings (SSSR count). The second kappa shape index (κ2) is 3.39. The van der Waals surface area contributed by atoms with Crippen LogP contribution < -0.4 is 0 Å². The number of rotatable bonds is 1. The molecule has 0 aliphatic carbocycles. The van der Waals surface area contributed by atoms with Crippen LogP contribution in [0.25, 0.3) is 10.8 Å². The lowest BCUT2D eigenvalue weighted by Crippen LogP contribution is -1.85. The van der Waals surface area contributed by atoms with Crippen LogP contribution in [0.1, 0.15) is 5.56 Å². The number of hydrogen-bond donors (Lipinski definition) is 1. The molecule has 0 aromatic heterocycles. The number of phenolic OH excluding ortho intramolecular Hbond substituents is 1. The fourth-order valence-corrected chi connectivity index (χ4v) is 1.59. The monoisotopic (exact) mass is 183 g/mol. The average Bonchev–Trinajstić information content (AvgIpc) is 2.23. The van der Waals surface area contributed by atoms with Gasteiger partial charge in [0.1, 0.15) is 5.75 Å². The molecule has 0 amide bonds. The highest BCUT2D eigenvalue weighted by Gasteiger charge is 2.05. The summed E-state index contributed by atoms with van der Waals surface area (Å²) in [6.07, 6.45) is 0.243. The third-order valence-electron chi connectivity index (χ3n) is 2.27. The Morgan fingerprint density at radius 3 is 2.71 bits per heavy atom. The standard InChI is InChI=1S/C12H9NO/c13-8-7-11-10-4-2-1-3-9(10)5-6-12(11)14/h1-6,14H,7H2. The van der Waals surface area contributed by atoms with Gasteiger partial charge in [0.05, 0.1) is 12.5 Å². The summed E-state index contributed by atoms with van der Waals surface area (Å²) in [4.78, 5) is 0. The molecule has 0 saturated carbocycles. The van der Waals surface area contributed by atoms with Crippen molar-refractivity contribution >= 4 is 10.8 Å². The number of nitrogens with zero attached hydrogens (tertiary/aromatic N) is 1. The van der Waals surface area contributed by atoms with E-state index in [4.69, 9.17) is 5.26 Å². The molecule has 0 radical (unpaired) electrons. The van der Waals surface area contributed by atoms with Crippen molar-refractivity contribution in [2.75, 3.05) is 0 Å². The minimum Gasteiger partial charge on any atom is -0.508 e. The molecule has 2 aromatic rings. The number of benzene rings is 2. The number of phenols is 1. The van der Waals surface area contributed by atoms with Crippen LogP contribution in [0.2, 0.25) is 0 Å². The fraction of sp³-hybridized carbons (Fsp3) is 0.0833. The Morgan fingerprint density at radius 2 is 1.93 bits per heavy atom. The van der Waals surface area contributed by atoms with Crippen molar-refractivity contribution in [1.82, 2.24) is 0 Å². The van der Waals surface area contributed by atoms with Crippen LogP contribution in [0.15, 0.2) is 36.4 Å². The summed E-state index contributed by atoms with van der Waals surface area (Å²) >= 11 is 0. The number of hydrogen-bond acceptors (Lipinski definition) is 2. The van der Waals surface area contributed by atoms with Gasteiger partial charge < -0.3 is 5.11 Å². The number of fused-ring (bicyclic) bond motifs is 1. The molecule has 0 bridgehead atoms. The van der Waals surface area contributed by atoms with Crippen molar-refractivity contribution in [3.05, 3.63) is 42.0 Å². The minimum absolute atomic E-state index is 0.199. The van der Waals surface area contributed by atoms with Crippen LogP contribution in [0.5, 0.6) is 5.75 Å². The van der Waals surface area contributed by atoms with E-state index in [-0.39, 0.29) is 12.2 Å². The van der Waals surface area contributed by atoms with Gasteiger partial charge in [-0.25, -0.2) is 0 Å². The third-order valence-corrected chi connectivity index (χ3v) is 2.27. The molecule has 0 spiro atoms. The molecule has 0 aliphatic rings. The van der Waals surface area contributed by atoms with Gasteiger partial charge in [-0.15, -0.1) is 0 Å². The van der Waals surface area contributed by atoms with Gasteiger partial charge in [0.25, 0.3) is 0 Å². The van der Waals surface area contributed by atoms with Crippen molar-refractivity contribution in [2.24, 2.45) is 0 Å². The van der Waals surface area contributed by atoms with E-state index in [1.54, 1.807) is 6.07 Å². The van der Waals surface area contributed by atoms with E-state index in [2.05, 4.69) is 6.07 Å². The quantitative estimate of drug-likeness (QED) is 0.738. The molecule has 0 saturated heterocycles. The lowest BCUT2D eigenvalue weighted by molar-refractivity contribution is 0.471. The summed E-state index contributed by atoms with van der Waals surface area (Å²) in [5.74, 6) is 0.199. The molecule has 0 aliphatic heterocycles. The molecular weight excluding hydrogens is 174 g/mol. The zero-order chi connectivity index (χ0) is 9.97. The molecule has 0 fully saturated rings. The normalized spacial score (nSPS) is 9.93. The van der Waals surface area contributed by atoms with Crippen LogP contribution in [-0.2, 0) is 6.42 Å². The lowest BCUT2D eigenvalue weighted by Gasteiger charge is -2.04. The van der Waals surface area contributed by atoms with Gasteiger partial charge in [0, 0.05) is 5.56 Å². The first-order valence-corrected chi connectivity index (χ1v) is 4.39. The summed E-state index contributed by atoms with van der Waals surface area (Å²) in [7, 11) is 0. The molecule has 0 heterocycles. The Kier molecular flexibility index (Phi) is 2.08. The highest BCUT2D eigenvalue weighted by Crippen LogP contribution is 2.26. The summed E-state index contributed by atoms with van der Waals surface area (Å²) in [6.45, 7) is 0. The van der Waals surface area contributed by atoms with Crippen LogP contribution in [0.4, 0.5) is 0 Å². The van der Waals surface area contributed by atoms with Gasteiger partial charge in [-0.05, 0) is 16.8 Å². The Morgan fingerprint density at radius 1 is 1.14 bits per heavy atom. The summed E-state index contributed by atoms with van der Waals surface area (Å²) in [5, 5.41) is 20.2. The molecule has 0 atom stereocenters. The van der Waals surface area contributed by atoms with Gasteiger partial charge in [0.15, 0.2) is 0 Å². The lowest BCUT2D eigenvalue weighted by atomic mass is 10.0. The van der Waals surface area contributed by atoms with E-state index < -0.39 is 0 Å². The highest BCUT2D eigenvalue weighted by atomic mass is 16.3. The second-order valence-electron chi connectivity index (χ2n) is 3.12. The molecule has 14 heavy (non-hydrogen) atoms. The third kappa shape index (κ3) is 1.29. The molecular formula is C12H9NO. The van der Waals surface area contributed by atoms with Crippen LogP contribution in [-0.4, -0.2) is 5.11 Å². The van der Waals surface area contributed by atoms with Crippen LogP contribution in [0, 0.1) is 11.3 Å². The molecule has 2 heteroatoms. The van der Waals surface area contributed by atoms with Gasteiger partial charge in [0.2, 0.25) is 0 Å². The molecule has 1 N–H and O–H groups in total. The van der Waals surface area contributed by atoms with Gasteiger partial charge in [-0.2, -0.15) is 5.26 Å². The van der Waals surface area contributed by atoms with Crippen molar-refractivity contribution < 1.29 is 5.11 Å². The van der Waals surface area contributed by atoms with E-state index in [9.17, 15) is 5.11 Å². The largest absolute Gasteiger partial charge is 0.508 e. The zero-order valence-electron chi connectivity index (χ0n) is 7.57. The zero-order valence-corrected chi connectivity index (χ0v) is 7.57. The van der Waals surface area contributed by atoms with Crippen molar-refractivity contribution in [1.29, 1.82) is 5.26 Å². The first-order valence-electron chi connectivity index (χ1n) is 4.39. The molecule has 68 valence electrons. The number of aromatic hydroxyl groups is 1. The maximum atomic E-state index is 9.59. The van der Waals surface area contributed by atoms with Gasteiger partial charge in [-0.1, -0.05) is 30.3 Å². The highest BCUT2D eigenvalue weighted by molar-refractivity contribution is 5.87. The van der Waals surface area contributed by atoms with E-state index in [1.807, 2.05) is 30.3 Å². The van der Waals surface area contributed by atoms with E-state index in [0.29, 0.717) is 5.56 Å².